The summed E-state index contributed by atoms with van der Waals surface area (Å²) in [6.45, 7) is 4.15. The maximum Gasteiger partial charge on any atom is 0.230 e. The van der Waals surface area contributed by atoms with E-state index >= 15 is 0 Å². The highest BCUT2D eigenvalue weighted by Gasteiger charge is 2.17. The zero-order chi connectivity index (χ0) is 13.0. The number of rotatable bonds is 5. The summed E-state index contributed by atoms with van der Waals surface area (Å²) in [6, 6.07) is 0.710. The van der Waals surface area contributed by atoms with Gasteiger partial charge in [0.2, 0.25) is 5.91 Å². The fraction of sp³-hybridized carbons (Fsp3) is 0.750. The summed E-state index contributed by atoms with van der Waals surface area (Å²) in [5, 5.41) is 11.8. The lowest BCUT2D eigenvalue weighted by Gasteiger charge is -2.12. The number of carbonyl (C=O) groups is 1. The predicted molar refractivity (Wildman–Crippen MR) is 71.5 cm³/mol. The standard InChI is InChI=1S/C12H20N4OS/c1-9(2)16-8-13-15-12(16)18-7-11(17)14-10-5-3-4-6-10/h8-10H,3-7H2,1-2H3,(H,14,17). The Balaban J connectivity index is 1.79. The Morgan fingerprint density at radius 1 is 1.56 bits per heavy atom. The summed E-state index contributed by atoms with van der Waals surface area (Å²) in [5.74, 6) is 0.521. The predicted octanol–water partition coefficient (Wildman–Crippen LogP) is 2.01. The normalized spacial score (nSPS) is 16.4. The molecule has 0 unspecified atom stereocenters. The molecule has 0 aliphatic heterocycles. The molecule has 1 aliphatic carbocycles. The fourth-order valence-electron chi connectivity index (χ4n) is 2.16. The van der Waals surface area contributed by atoms with Crippen LogP contribution in [0.4, 0.5) is 0 Å². The Morgan fingerprint density at radius 3 is 2.94 bits per heavy atom. The quantitative estimate of drug-likeness (QED) is 0.830. The first-order valence-corrected chi connectivity index (χ1v) is 7.47. The minimum absolute atomic E-state index is 0.102. The van der Waals surface area contributed by atoms with Gasteiger partial charge in [0, 0.05) is 12.1 Å². The van der Waals surface area contributed by atoms with Gasteiger partial charge < -0.3 is 9.88 Å². The number of carbonyl (C=O) groups excluding carboxylic acids is 1. The molecule has 0 saturated heterocycles. The number of hydrogen-bond donors (Lipinski definition) is 1. The van der Waals surface area contributed by atoms with Crippen LogP contribution in [0.15, 0.2) is 11.5 Å². The van der Waals surface area contributed by atoms with Crippen molar-refractivity contribution in [2.45, 2.75) is 56.8 Å². The van der Waals surface area contributed by atoms with Gasteiger partial charge in [0.25, 0.3) is 0 Å². The zero-order valence-corrected chi connectivity index (χ0v) is 11.7. The smallest absolute Gasteiger partial charge is 0.230 e. The SMILES string of the molecule is CC(C)n1cnnc1SCC(=O)NC1CCCC1. The van der Waals surface area contributed by atoms with Gasteiger partial charge in [-0.05, 0) is 26.7 Å². The maximum atomic E-state index is 11.8. The third-order valence-electron chi connectivity index (χ3n) is 3.15. The molecule has 1 aromatic rings. The molecule has 0 aromatic carbocycles. The highest BCUT2D eigenvalue weighted by Crippen LogP contribution is 2.20. The number of amides is 1. The van der Waals surface area contributed by atoms with E-state index in [0.717, 1.165) is 18.0 Å². The number of hydrogen-bond acceptors (Lipinski definition) is 4. The largest absolute Gasteiger partial charge is 0.353 e. The van der Waals surface area contributed by atoms with Gasteiger partial charge in [0.05, 0.1) is 5.75 Å². The molecule has 6 heteroatoms. The second-order valence-corrected chi connectivity index (χ2v) is 5.89. The number of aromatic nitrogens is 3. The van der Waals surface area contributed by atoms with Gasteiger partial charge in [0.1, 0.15) is 6.33 Å². The van der Waals surface area contributed by atoms with Crippen LogP contribution in [-0.2, 0) is 4.79 Å². The van der Waals surface area contributed by atoms with Gasteiger partial charge in [-0.1, -0.05) is 24.6 Å². The first-order valence-electron chi connectivity index (χ1n) is 6.48. The van der Waals surface area contributed by atoms with Crippen molar-refractivity contribution in [1.82, 2.24) is 20.1 Å². The van der Waals surface area contributed by atoms with E-state index in [0.29, 0.717) is 17.8 Å². The summed E-state index contributed by atoms with van der Waals surface area (Å²) in [6.07, 6.45) is 6.43. The molecule has 1 heterocycles. The maximum absolute atomic E-state index is 11.8. The Bertz CT molecular complexity index is 399. The Labute approximate surface area is 112 Å². The van der Waals surface area contributed by atoms with Crippen LogP contribution in [0.2, 0.25) is 0 Å². The average molecular weight is 268 g/mol. The summed E-state index contributed by atoms with van der Waals surface area (Å²) < 4.78 is 1.98. The monoisotopic (exact) mass is 268 g/mol. The second-order valence-electron chi connectivity index (χ2n) is 4.95. The van der Waals surface area contributed by atoms with E-state index in [-0.39, 0.29) is 5.91 Å². The van der Waals surface area contributed by atoms with Gasteiger partial charge in [-0.15, -0.1) is 10.2 Å². The molecule has 0 atom stereocenters. The highest BCUT2D eigenvalue weighted by molar-refractivity contribution is 7.99. The summed E-state index contributed by atoms with van der Waals surface area (Å²) >= 11 is 1.45. The lowest BCUT2D eigenvalue weighted by atomic mass is 10.2. The van der Waals surface area contributed by atoms with Crippen LogP contribution in [0.1, 0.15) is 45.6 Å². The van der Waals surface area contributed by atoms with E-state index in [1.54, 1.807) is 6.33 Å². The lowest BCUT2D eigenvalue weighted by Crippen LogP contribution is -2.33. The molecule has 0 bridgehead atoms. The molecule has 1 N–H and O–H groups in total. The van der Waals surface area contributed by atoms with Crippen molar-refractivity contribution < 1.29 is 4.79 Å². The van der Waals surface area contributed by atoms with Crippen LogP contribution in [0.3, 0.4) is 0 Å². The van der Waals surface area contributed by atoms with Gasteiger partial charge in [-0.2, -0.15) is 0 Å². The third-order valence-corrected chi connectivity index (χ3v) is 4.11. The Hall–Kier alpha value is -1.04. The molecular formula is C12H20N4OS. The van der Waals surface area contributed by atoms with Crippen LogP contribution in [0, 0.1) is 0 Å². The molecule has 0 spiro atoms. The van der Waals surface area contributed by atoms with Crippen LogP contribution in [-0.4, -0.2) is 32.5 Å². The van der Waals surface area contributed by atoms with Crippen molar-refractivity contribution >= 4 is 17.7 Å². The highest BCUT2D eigenvalue weighted by atomic mass is 32.2. The fourth-order valence-corrected chi connectivity index (χ4v) is 3.01. The number of nitrogens with one attached hydrogen (secondary N) is 1. The van der Waals surface area contributed by atoms with E-state index in [9.17, 15) is 4.79 Å². The van der Waals surface area contributed by atoms with Crippen LogP contribution in [0.5, 0.6) is 0 Å². The summed E-state index contributed by atoms with van der Waals surface area (Å²) in [5.41, 5.74) is 0. The topological polar surface area (TPSA) is 59.8 Å². The van der Waals surface area contributed by atoms with Gasteiger partial charge in [-0.25, -0.2) is 0 Å². The van der Waals surface area contributed by atoms with Crippen LogP contribution in [0.25, 0.3) is 0 Å². The molecule has 100 valence electrons. The van der Waals surface area contributed by atoms with Crippen molar-refractivity contribution in [2.75, 3.05) is 5.75 Å². The minimum Gasteiger partial charge on any atom is -0.353 e. The van der Waals surface area contributed by atoms with E-state index < -0.39 is 0 Å². The molecule has 5 nitrogen and oxygen atoms in total. The lowest BCUT2D eigenvalue weighted by molar-refractivity contribution is -0.119. The van der Waals surface area contributed by atoms with E-state index in [1.165, 1.54) is 24.6 Å². The third kappa shape index (κ3) is 3.48. The summed E-state index contributed by atoms with van der Waals surface area (Å²) in [7, 11) is 0. The van der Waals surface area contributed by atoms with E-state index in [1.807, 2.05) is 4.57 Å². The van der Waals surface area contributed by atoms with Crippen LogP contribution >= 0.6 is 11.8 Å². The van der Waals surface area contributed by atoms with Crippen LogP contribution < -0.4 is 5.32 Å². The van der Waals surface area contributed by atoms with Crippen molar-refractivity contribution in [3.8, 4) is 0 Å². The van der Waals surface area contributed by atoms with E-state index in [2.05, 4.69) is 29.4 Å². The summed E-state index contributed by atoms with van der Waals surface area (Å²) in [4.78, 5) is 11.8. The average Bonchev–Trinajstić information content (AvgIpc) is 2.96. The van der Waals surface area contributed by atoms with Crippen molar-refractivity contribution in [1.29, 1.82) is 0 Å². The first-order chi connectivity index (χ1) is 8.66. The van der Waals surface area contributed by atoms with Crippen molar-refractivity contribution in [3.63, 3.8) is 0 Å². The molecule has 1 aromatic heterocycles. The van der Waals surface area contributed by atoms with Crippen molar-refractivity contribution in [3.05, 3.63) is 6.33 Å². The molecule has 0 radical (unpaired) electrons. The molecule has 1 aliphatic rings. The number of nitrogens with zero attached hydrogens (tertiary/aromatic N) is 3. The number of thioether (sulfide) groups is 1. The Kier molecular flexibility index (Phi) is 4.63. The van der Waals surface area contributed by atoms with Crippen molar-refractivity contribution in [2.24, 2.45) is 0 Å². The van der Waals surface area contributed by atoms with E-state index in [4.69, 9.17) is 0 Å². The molecule has 1 fully saturated rings. The molecule has 2 rings (SSSR count). The molecular weight excluding hydrogens is 248 g/mol. The molecule has 18 heavy (non-hydrogen) atoms. The minimum atomic E-state index is 0.102. The first kappa shape index (κ1) is 13.4. The van der Waals surface area contributed by atoms with Gasteiger partial charge in [0.15, 0.2) is 5.16 Å². The zero-order valence-electron chi connectivity index (χ0n) is 10.9. The molecule has 1 saturated carbocycles. The van der Waals surface area contributed by atoms with Gasteiger partial charge in [-0.3, -0.25) is 4.79 Å². The second kappa shape index (κ2) is 6.22. The molecule has 1 amide bonds. The Morgan fingerprint density at radius 2 is 2.28 bits per heavy atom. The van der Waals surface area contributed by atoms with Gasteiger partial charge >= 0.3 is 0 Å².